The zero-order valence-corrected chi connectivity index (χ0v) is 18.0. The summed E-state index contributed by atoms with van der Waals surface area (Å²) >= 11 is 1.42. The highest BCUT2D eigenvalue weighted by Gasteiger charge is 2.43. The lowest BCUT2D eigenvalue weighted by Crippen LogP contribution is -2.36. The van der Waals surface area contributed by atoms with Crippen molar-refractivity contribution in [2.45, 2.75) is 51.7 Å². The first-order chi connectivity index (χ1) is 13.8. The van der Waals surface area contributed by atoms with Crippen LogP contribution in [0.2, 0.25) is 0 Å². The van der Waals surface area contributed by atoms with Gasteiger partial charge in [0.25, 0.3) is 11.8 Å². The average molecular weight is 413 g/mol. The molecule has 29 heavy (non-hydrogen) atoms. The van der Waals surface area contributed by atoms with Gasteiger partial charge in [0.1, 0.15) is 0 Å². The van der Waals surface area contributed by atoms with Crippen LogP contribution in [-0.4, -0.2) is 41.0 Å². The third kappa shape index (κ3) is 3.96. The van der Waals surface area contributed by atoms with Crippen molar-refractivity contribution in [1.82, 2.24) is 4.90 Å². The van der Waals surface area contributed by atoms with Crippen LogP contribution in [0.3, 0.4) is 0 Å². The summed E-state index contributed by atoms with van der Waals surface area (Å²) in [5.41, 5.74) is 3.15. The standard InChI is InChI=1S/C23H28N2O3S/c1-13-4-5-15(12-20(13)24-22(27)21-14(2)6-7-29-21)23(28)25(3)18-8-16-10-19(26)11-17(16)9-18/h4-7,12,16-19,26H,8-11H2,1-3H3,(H,24,27)/t16-,17+,18?,19?. The lowest BCUT2D eigenvalue weighted by molar-refractivity contribution is 0.0722. The average Bonchev–Trinajstić information content (AvgIpc) is 3.36. The minimum absolute atomic E-state index is 0.0154. The molecule has 5 nitrogen and oxygen atoms in total. The minimum Gasteiger partial charge on any atom is -0.393 e. The molecule has 2 amide bonds. The topological polar surface area (TPSA) is 69.6 Å². The zero-order valence-electron chi connectivity index (χ0n) is 17.1. The first-order valence-corrected chi connectivity index (χ1v) is 11.1. The number of benzene rings is 1. The molecule has 2 aliphatic carbocycles. The van der Waals surface area contributed by atoms with Gasteiger partial charge in [0.15, 0.2) is 0 Å². The predicted octanol–water partition coefficient (Wildman–Crippen LogP) is 4.24. The molecule has 4 atom stereocenters. The molecule has 2 fully saturated rings. The van der Waals surface area contributed by atoms with Crippen molar-refractivity contribution in [3.05, 3.63) is 51.2 Å². The van der Waals surface area contributed by atoms with E-state index in [2.05, 4.69) is 5.32 Å². The molecule has 154 valence electrons. The molecule has 1 heterocycles. The number of carbonyl (C=O) groups excluding carboxylic acids is 2. The number of hydrogen-bond donors (Lipinski definition) is 2. The van der Waals surface area contributed by atoms with E-state index in [1.165, 1.54) is 11.3 Å². The smallest absolute Gasteiger partial charge is 0.266 e. The van der Waals surface area contributed by atoms with Gasteiger partial charge in [-0.2, -0.15) is 0 Å². The Kier molecular flexibility index (Phi) is 5.49. The Morgan fingerprint density at radius 1 is 1.07 bits per heavy atom. The highest BCUT2D eigenvalue weighted by Crippen LogP contribution is 2.45. The zero-order chi connectivity index (χ0) is 20.7. The lowest BCUT2D eigenvalue weighted by Gasteiger charge is -2.26. The monoisotopic (exact) mass is 412 g/mol. The van der Waals surface area contributed by atoms with Gasteiger partial charge >= 0.3 is 0 Å². The number of nitrogens with zero attached hydrogens (tertiary/aromatic N) is 1. The number of aliphatic hydroxyl groups excluding tert-OH is 1. The molecule has 0 bridgehead atoms. The van der Waals surface area contributed by atoms with Gasteiger partial charge in [-0.1, -0.05) is 6.07 Å². The van der Waals surface area contributed by atoms with Crippen LogP contribution in [0.4, 0.5) is 5.69 Å². The number of aliphatic hydroxyl groups is 1. The molecular formula is C23H28N2O3S. The molecule has 4 rings (SSSR count). The SMILES string of the molecule is Cc1ccc(C(=O)N(C)C2C[C@H]3CC(O)C[C@H]3C2)cc1NC(=O)c1sccc1C. The maximum Gasteiger partial charge on any atom is 0.266 e. The fraction of sp³-hybridized carbons (Fsp3) is 0.478. The molecular weight excluding hydrogens is 384 g/mol. The van der Waals surface area contributed by atoms with Gasteiger partial charge in [0.05, 0.1) is 11.0 Å². The number of hydrogen-bond acceptors (Lipinski definition) is 4. The molecule has 1 aromatic heterocycles. The van der Waals surface area contributed by atoms with E-state index in [1.54, 1.807) is 6.07 Å². The Balaban J connectivity index is 1.47. The number of anilines is 1. The van der Waals surface area contributed by atoms with Crippen LogP contribution in [0.25, 0.3) is 0 Å². The van der Waals surface area contributed by atoms with Gasteiger partial charge in [-0.3, -0.25) is 9.59 Å². The number of carbonyl (C=O) groups is 2. The Labute approximate surface area is 175 Å². The normalized spacial score (nSPS) is 25.7. The summed E-state index contributed by atoms with van der Waals surface area (Å²) in [6, 6.07) is 7.65. The molecule has 6 heteroatoms. The first kappa shape index (κ1) is 20.1. The number of nitrogens with one attached hydrogen (secondary N) is 1. The van der Waals surface area contributed by atoms with Crippen LogP contribution in [-0.2, 0) is 0 Å². The number of thiophene rings is 1. The fourth-order valence-electron chi connectivity index (χ4n) is 4.91. The van der Waals surface area contributed by atoms with Crippen molar-refractivity contribution in [2.24, 2.45) is 11.8 Å². The van der Waals surface area contributed by atoms with Gasteiger partial charge < -0.3 is 15.3 Å². The Bertz CT molecular complexity index is 924. The Hall–Kier alpha value is -2.18. The fourth-order valence-corrected chi connectivity index (χ4v) is 5.73. The maximum atomic E-state index is 13.1. The van der Waals surface area contributed by atoms with Crippen molar-refractivity contribution >= 4 is 28.8 Å². The maximum absolute atomic E-state index is 13.1. The van der Waals surface area contributed by atoms with Crippen molar-refractivity contribution in [3.8, 4) is 0 Å². The van der Waals surface area contributed by atoms with Gasteiger partial charge in [-0.25, -0.2) is 0 Å². The molecule has 2 unspecified atom stereocenters. The van der Waals surface area contributed by atoms with E-state index in [1.807, 2.05) is 49.4 Å². The van der Waals surface area contributed by atoms with Crippen LogP contribution in [0.5, 0.6) is 0 Å². The summed E-state index contributed by atoms with van der Waals surface area (Å²) < 4.78 is 0. The van der Waals surface area contributed by atoms with Gasteiger partial charge in [-0.05, 0) is 86.1 Å². The van der Waals surface area contributed by atoms with E-state index in [4.69, 9.17) is 0 Å². The second-order valence-electron chi connectivity index (χ2n) is 8.60. The highest BCUT2D eigenvalue weighted by molar-refractivity contribution is 7.12. The lowest BCUT2D eigenvalue weighted by atomic mass is 10.0. The van der Waals surface area contributed by atoms with Crippen molar-refractivity contribution in [2.75, 3.05) is 12.4 Å². The Morgan fingerprint density at radius 3 is 2.38 bits per heavy atom. The number of amides is 2. The quantitative estimate of drug-likeness (QED) is 0.789. The van der Waals surface area contributed by atoms with Gasteiger partial charge in [0.2, 0.25) is 0 Å². The molecule has 2 saturated carbocycles. The van der Waals surface area contributed by atoms with E-state index < -0.39 is 0 Å². The summed E-state index contributed by atoms with van der Waals surface area (Å²) in [5, 5.41) is 14.7. The third-order valence-electron chi connectivity index (χ3n) is 6.64. The highest BCUT2D eigenvalue weighted by atomic mass is 32.1. The van der Waals surface area contributed by atoms with Crippen molar-refractivity contribution < 1.29 is 14.7 Å². The molecule has 0 radical (unpaired) electrons. The molecule has 2 aliphatic rings. The molecule has 0 saturated heterocycles. The largest absolute Gasteiger partial charge is 0.393 e. The van der Waals surface area contributed by atoms with Gasteiger partial charge in [-0.15, -0.1) is 11.3 Å². The molecule has 0 aliphatic heterocycles. The molecule has 2 N–H and O–H groups in total. The third-order valence-corrected chi connectivity index (χ3v) is 7.65. The second-order valence-corrected chi connectivity index (χ2v) is 9.52. The summed E-state index contributed by atoms with van der Waals surface area (Å²) in [4.78, 5) is 28.3. The molecule has 0 spiro atoms. The van der Waals surface area contributed by atoms with Crippen LogP contribution in [0.15, 0.2) is 29.6 Å². The number of rotatable bonds is 4. The van der Waals surface area contributed by atoms with E-state index in [-0.39, 0.29) is 24.0 Å². The van der Waals surface area contributed by atoms with E-state index in [0.717, 1.165) is 36.8 Å². The van der Waals surface area contributed by atoms with E-state index >= 15 is 0 Å². The Morgan fingerprint density at radius 2 is 1.76 bits per heavy atom. The van der Waals surface area contributed by atoms with E-state index in [9.17, 15) is 14.7 Å². The van der Waals surface area contributed by atoms with E-state index in [0.29, 0.717) is 28.0 Å². The summed E-state index contributed by atoms with van der Waals surface area (Å²) in [6.07, 6.45) is 3.51. The summed E-state index contributed by atoms with van der Waals surface area (Å²) in [5.74, 6) is 0.915. The van der Waals surface area contributed by atoms with Crippen molar-refractivity contribution in [1.29, 1.82) is 0 Å². The second kappa shape index (κ2) is 7.92. The summed E-state index contributed by atoms with van der Waals surface area (Å²) in [6.45, 7) is 3.85. The summed E-state index contributed by atoms with van der Waals surface area (Å²) in [7, 11) is 1.87. The molecule has 2 aromatic rings. The minimum atomic E-state index is -0.165. The van der Waals surface area contributed by atoms with Crippen LogP contribution < -0.4 is 5.32 Å². The van der Waals surface area contributed by atoms with Crippen LogP contribution >= 0.6 is 11.3 Å². The molecule has 1 aromatic carbocycles. The predicted molar refractivity (Wildman–Crippen MR) is 116 cm³/mol. The van der Waals surface area contributed by atoms with Crippen LogP contribution in [0.1, 0.15) is 56.8 Å². The number of fused-ring (bicyclic) bond motifs is 1. The van der Waals surface area contributed by atoms with Crippen LogP contribution in [0, 0.1) is 25.7 Å². The van der Waals surface area contributed by atoms with Crippen molar-refractivity contribution in [3.63, 3.8) is 0 Å². The number of aryl methyl sites for hydroxylation is 2. The van der Waals surface area contributed by atoms with Gasteiger partial charge in [0, 0.05) is 24.3 Å². The first-order valence-electron chi connectivity index (χ1n) is 10.2.